The summed E-state index contributed by atoms with van der Waals surface area (Å²) in [7, 11) is 0. The van der Waals surface area contributed by atoms with Crippen molar-refractivity contribution in [1.29, 1.82) is 0 Å². The molecule has 3 nitrogen and oxygen atoms in total. The van der Waals surface area contributed by atoms with Crippen LogP contribution in [0.15, 0.2) is 12.3 Å². The average Bonchev–Trinajstić information content (AvgIpc) is 2.77. The Balaban J connectivity index is 0.000000771. The number of aryl methyl sites for hydroxylation is 1. The van der Waals surface area contributed by atoms with Crippen molar-refractivity contribution >= 4 is 34.1 Å². The van der Waals surface area contributed by atoms with Gasteiger partial charge in [0.2, 0.25) is 0 Å². The maximum Gasteiger partial charge on any atom is 0.130 e. The Morgan fingerprint density at radius 3 is 2.61 bits per heavy atom. The van der Waals surface area contributed by atoms with Gasteiger partial charge in [0.1, 0.15) is 12.4 Å². The van der Waals surface area contributed by atoms with Crippen LogP contribution >= 0.6 is 23.2 Å². The molecule has 2 N–H and O–H groups in total. The lowest BCUT2D eigenvalue weighted by atomic mass is 10.2. The minimum atomic E-state index is -0.0365. The fourth-order valence-electron chi connectivity index (χ4n) is 1.65. The molecule has 0 spiro atoms. The van der Waals surface area contributed by atoms with Crippen LogP contribution in [-0.4, -0.2) is 23.3 Å². The number of rotatable bonds is 3. The molecule has 0 saturated carbocycles. The van der Waals surface area contributed by atoms with Gasteiger partial charge in [-0.15, -0.1) is 0 Å². The van der Waals surface area contributed by atoms with E-state index in [0.717, 1.165) is 16.5 Å². The maximum atomic E-state index is 8.75. The summed E-state index contributed by atoms with van der Waals surface area (Å²) in [6, 6.07) is 1.67. The molecule has 1 heterocycles. The average molecular weight is 290 g/mol. The molecule has 0 aliphatic carbocycles. The quantitative estimate of drug-likeness (QED) is 0.890. The lowest BCUT2D eigenvalue weighted by molar-refractivity contribution is 0.203. The van der Waals surface area contributed by atoms with Crippen LogP contribution in [0.2, 0.25) is 10.0 Å². The number of H-pyrrole nitrogens is 1. The largest absolute Gasteiger partial charge is 0.490 e. The van der Waals surface area contributed by atoms with Crippen LogP contribution in [0.3, 0.4) is 0 Å². The first kappa shape index (κ1) is 15.2. The smallest absolute Gasteiger partial charge is 0.130 e. The first-order valence-electron chi connectivity index (χ1n) is 5.84. The van der Waals surface area contributed by atoms with E-state index in [4.69, 9.17) is 33.0 Å². The van der Waals surface area contributed by atoms with Gasteiger partial charge in [-0.2, -0.15) is 0 Å². The molecule has 0 atom stereocenters. The summed E-state index contributed by atoms with van der Waals surface area (Å²) < 4.78 is 5.43. The van der Waals surface area contributed by atoms with E-state index >= 15 is 0 Å². The minimum Gasteiger partial charge on any atom is -0.490 e. The number of ether oxygens (including phenoxy) is 1. The van der Waals surface area contributed by atoms with Crippen molar-refractivity contribution in [3.8, 4) is 5.75 Å². The molecule has 0 fully saturated rings. The van der Waals surface area contributed by atoms with Gasteiger partial charge in [0.25, 0.3) is 0 Å². The number of fused-ring (bicyclic) bond motifs is 1. The lowest BCUT2D eigenvalue weighted by Gasteiger charge is -2.08. The number of aliphatic hydroxyl groups is 1. The molecule has 2 aromatic rings. The summed E-state index contributed by atoms with van der Waals surface area (Å²) in [5.74, 6) is 0.636. The van der Waals surface area contributed by atoms with Crippen molar-refractivity contribution in [3.63, 3.8) is 0 Å². The van der Waals surface area contributed by atoms with Crippen molar-refractivity contribution in [2.45, 2.75) is 20.8 Å². The molecule has 0 amide bonds. The second-order valence-corrected chi connectivity index (χ2v) is 4.25. The fraction of sp³-hybridized carbons (Fsp3) is 0.385. The Hall–Kier alpha value is -0.900. The Morgan fingerprint density at radius 2 is 2.00 bits per heavy atom. The van der Waals surface area contributed by atoms with E-state index in [1.54, 1.807) is 6.07 Å². The van der Waals surface area contributed by atoms with Crippen LogP contribution in [0.25, 0.3) is 10.9 Å². The van der Waals surface area contributed by atoms with Crippen LogP contribution in [0.1, 0.15) is 19.4 Å². The van der Waals surface area contributed by atoms with E-state index < -0.39 is 0 Å². The number of aliphatic hydroxyl groups excluding tert-OH is 1. The SMILES string of the molecule is CC.Cc1c[nH]c2c(Cl)c(Cl)cc(OCCO)c12. The Bertz CT molecular complexity index is 523. The molecule has 0 bridgehead atoms. The summed E-state index contributed by atoms with van der Waals surface area (Å²) in [6.07, 6.45) is 1.85. The number of aromatic nitrogens is 1. The third-order valence-corrected chi connectivity index (χ3v) is 3.15. The highest BCUT2D eigenvalue weighted by Gasteiger charge is 2.13. The summed E-state index contributed by atoms with van der Waals surface area (Å²) in [5, 5.41) is 10.6. The Labute approximate surface area is 117 Å². The third kappa shape index (κ3) is 2.91. The van der Waals surface area contributed by atoms with Gasteiger partial charge in [-0.3, -0.25) is 0 Å². The van der Waals surface area contributed by atoms with E-state index in [-0.39, 0.29) is 13.2 Å². The summed E-state index contributed by atoms with van der Waals surface area (Å²) in [4.78, 5) is 3.05. The fourth-order valence-corrected chi connectivity index (χ4v) is 2.05. The summed E-state index contributed by atoms with van der Waals surface area (Å²) in [6.45, 7) is 6.15. The summed E-state index contributed by atoms with van der Waals surface area (Å²) in [5.41, 5.74) is 1.79. The predicted molar refractivity (Wildman–Crippen MR) is 77.0 cm³/mol. The van der Waals surface area contributed by atoms with Crippen molar-refractivity contribution in [2.75, 3.05) is 13.2 Å². The van der Waals surface area contributed by atoms with Gasteiger partial charge in [0, 0.05) is 17.6 Å². The standard InChI is InChI=1S/C11H11Cl2NO2.C2H6/c1-6-5-14-11-9(6)8(16-3-2-15)4-7(12)10(11)13;1-2/h4-5,14-15H,2-3H2,1H3;1-2H3. The summed E-state index contributed by atoms with van der Waals surface area (Å²) >= 11 is 12.1. The van der Waals surface area contributed by atoms with Crippen molar-refractivity contribution in [2.24, 2.45) is 0 Å². The Kier molecular flexibility index (Phi) is 5.79. The zero-order valence-electron chi connectivity index (χ0n) is 10.7. The highest BCUT2D eigenvalue weighted by atomic mass is 35.5. The molecule has 0 saturated heterocycles. The van der Waals surface area contributed by atoms with Crippen LogP contribution in [0.5, 0.6) is 5.75 Å². The molecule has 100 valence electrons. The highest BCUT2D eigenvalue weighted by Crippen LogP contribution is 2.38. The van der Waals surface area contributed by atoms with Crippen LogP contribution in [0.4, 0.5) is 0 Å². The molecule has 1 aromatic heterocycles. The van der Waals surface area contributed by atoms with Gasteiger partial charge < -0.3 is 14.8 Å². The second-order valence-electron chi connectivity index (χ2n) is 3.46. The minimum absolute atomic E-state index is 0.0365. The van der Waals surface area contributed by atoms with Crippen molar-refractivity contribution in [1.82, 2.24) is 4.98 Å². The van der Waals surface area contributed by atoms with E-state index in [1.807, 2.05) is 27.0 Å². The lowest BCUT2D eigenvalue weighted by Crippen LogP contribution is -2.02. The number of nitrogens with one attached hydrogen (secondary N) is 1. The van der Waals surface area contributed by atoms with Gasteiger partial charge in [0.05, 0.1) is 22.2 Å². The van der Waals surface area contributed by atoms with Gasteiger partial charge >= 0.3 is 0 Å². The second kappa shape index (κ2) is 6.88. The van der Waals surface area contributed by atoms with Gasteiger partial charge in [0.15, 0.2) is 0 Å². The third-order valence-electron chi connectivity index (χ3n) is 2.36. The Morgan fingerprint density at radius 1 is 1.33 bits per heavy atom. The van der Waals surface area contributed by atoms with Crippen LogP contribution in [0, 0.1) is 6.92 Å². The van der Waals surface area contributed by atoms with Crippen molar-refractivity contribution < 1.29 is 9.84 Å². The van der Waals surface area contributed by atoms with Crippen LogP contribution in [-0.2, 0) is 0 Å². The van der Waals surface area contributed by atoms with Gasteiger partial charge in [-0.05, 0) is 12.5 Å². The molecule has 1 aromatic carbocycles. The van der Waals surface area contributed by atoms with E-state index in [0.29, 0.717) is 15.8 Å². The normalized spacial score (nSPS) is 10.1. The molecule has 0 aliphatic rings. The first-order chi connectivity index (χ1) is 8.65. The van der Waals surface area contributed by atoms with Crippen molar-refractivity contribution in [3.05, 3.63) is 27.9 Å². The molecule has 2 rings (SSSR count). The van der Waals surface area contributed by atoms with E-state index in [1.165, 1.54) is 0 Å². The number of hydrogen-bond acceptors (Lipinski definition) is 2. The predicted octanol–water partition coefficient (Wildman–Crippen LogP) is 4.18. The number of aromatic amines is 1. The molecular weight excluding hydrogens is 273 g/mol. The van der Waals surface area contributed by atoms with E-state index in [9.17, 15) is 0 Å². The molecule has 18 heavy (non-hydrogen) atoms. The number of halogens is 2. The molecular formula is C13H17Cl2NO2. The molecule has 0 aliphatic heterocycles. The highest BCUT2D eigenvalue weighted by molar-refractivity contribution is 6.45. The number of hydrogen-bond donors (Lipinski definition) is 2. The molecule has 0 unspecified atom stereocenters. The molecule has 0 radical (unpaired) electrons. The first-order valence-corrected chi connectivity index (χ1v) is 6.60. The maximum absolute atomic E-state index is 8.75. The van der Waals surface area contributed by atoms with E-state index in [2.05, 4.69) is 4.98 Å². The number of benzene rings is 1. The zero-order chi connectivity index (χ0) is 13.7. The van der Waals surface area contributed by atoms with Gasteiger partial charge in [-0.1, -0.05) is 37.0 Å². The topological polar surface area (TPSA) is 45.2 Å². The van der Waals surface area contributed by atoms with Gasteiger partial charge in [-0.25, -0.2) is 0 Å². The van der Waals surface area contributed by atoms with Crippen LogP contribution < -0.4 is 4.74 Å². The zero-order valence-corrected chi connectivity index (χ0v) is 12.2. The monoisotopic (exact) mass is 289 g/mol. The molecule has 5 heteroatoms.